The molecule has 168 valence electrons. The van der Waals surface area contributed by atoms with Gasteiger partial charge in [0.1, 0.15) is 5.75 Å². The van der Waals surface area contributed by atoms with E-state index in [9.17, 15) is 19.2 Å². The fourth-order valence-corrected chi connectivity index (χ4v) is 3.36. The average molecular weight is 440 g/mol. The first-order valence-electron chi connectivity index (χ1n) is 10.1. The Bertz CT molecular complexity index is 995. The Balaban J connectivity index is 1.83. The molecular formula is C23H24N2O7. The van der Waals surface area contributed by atoms with Gasteiger partial charge >= 0.3 is 17.9 Å². The first-order chi connectivity index (χ1) is 15.4. The van der Waals surface area contributed by atoms with Crippen LogP contribution in [0.2, 0.25) is 0 Å². The van der Waals surface area contributed by atoms with Gasteiger partial charge in [0.25, 0.3) is 5.91 Å². The van der Waals surface area contributed by atoms with Crippen molar-refractivity contribution in [2.45, 2.75) is 12.8 Å². The van der Waals surface area contributed by atoms with Gasteiger partial charge in [-0.05, 0) is 49.7 Å². The molecule has 2 N–H and O–H groups in total. The molecule has 0 spiro atoms. The van der Waals surface area contributed by atoms with E-state index in [0.29, 0.717) is 6.54 Å². The van der Waals surface area contributed by atoms with E-state index < -0.39 is 23.8 Å². The van der Waals surface area contributed by atoms with Gasteiger partial charge in [-0.15, -0.1) is 0 Å². The van der Waals surface area contributed by atoms with Crippen LogP contribution in [0.15, 0.2) is 42.5 Å². The highest BCUT2D eigenvalue weighted by Crippen LogP contribution is 2.24. The number of esters is 3. The molecule has 32 heavy (non-hydrogen) atoms. The number of benzene rings is 2. The molecule has 9 heteroatoms. The molecule has 1 heterocycles. The summed E-state index contributed by atoms with van der Waals surface area (Å²) in [4.78, 5) is 49.4. The number of carbonyl (C=O) groups excluding carboxylic acids is 4. The van der Waals surface area contributed by atoms with E-state index in [2.05, 4.69) is 10.6 Å². The maximum absolute atomic E-state index is 12.9. The number of ether oxygens (including phenoxy) is 3. The van der Waals surface area contributed by atoms with Crippen molar-refractivity contribution in [3.8, 4) is 5.75 Å². The van der Waals surface area contributed by atoms with E-state index in [1.165, 1.54) is 44.6 Å². The van der Waals surface area contributed by atoms with E-state index in [-0.39, 0.29) is 34.0 Å². The number of anilines is 1. The molecule has 1 atom stereocenters. The Morgan fingerprint density at radius 1 is 0.969 bits per heavy atom. The molecule has 2 aromatic rings. The number of amides is 1. The quantitative estimate of drug-likeness (QED) is 0.519. The largest absolute Gasteiger partial charge is 0.465 e. The normalized spacial score (nSPS) is 15.4. The van der Waals surface area contributed by atoms with Crippen molar-refractivity contribution in [2.24, 2.45) is 5.92 Å². The van der Waals surface area contributed by atoms with Gasteiger partial charge in [0.2, 0.25) is 0 Å². The molecule has 3 rings (SSSR count). The predicted molar refractivity (Wildman–Crippen MR) is 115 cm³/mol. The molecule has 2 aromatic carbocycles. The Morgan fingerprint density at radius 2 is 1.62 bits per heavy atom. The second kappa shape index (κ2) is 10.5. The first-order valence-corrected chi connectivity index (χ1v) is 10.1. The van der Waals surface area contributed by atoms with Gasteiger partial charge < -0.3 is 24.8 Å². The topological polar surface area (TPSA) is 120 Å². The van der Waals surface area contributed by atoms with Crippen LogP contribution < -0.4 is 15.4 Å². The summed E-state index contributed by atoms with van der Waals surface area (Å²) in [6.07, 6.45) is 1.60. The number of hydrogen-bond acceptors (Lipinski definition) is 8. The van der Waals surface area contributed by atoms with Crippen LogP contribution in [-0.2, 0) is 14.3 Å². The highest BCUT2D eigenvalue weighted by Gasteiger charge is 2.25. The van der Waals surface area contributed by atoms with Gasteiger partial charge in [0, 0.05) is 12.2 Å². The molecule has 1 aliphatic heterocycles. The van der Waals surface area contributed by atoms with Crippen molar-refractivity contribution < 1.29 is 33.4 Å². The molecular weight excluding hydrogens is 416 g/mol. The zero-order valence-corrected chi connectivity index (χ0v) is 17.8. The first kappa shape index (κ1) is 23.0. The third-order valence-corrected chi connectivity index (χ3v) is 5.01. The van der Waals surface area contributed by atoms with Crippen LogP contribution in [-0.4, -0.2) is 51.1 Å². The third-order valence-electron chi connectivity index (χ3n) is 5.01. The summed E-state index contributed by atoms with van der Waals surface area (Å²) in [6, 6.07) is 10.4. The maximum atomic E-state index is 12.9. The molecule has 1 fully saturated rings. The van der Waals surface area contributed by atoms with Crippen LogP contribution >= 0.6 is 0 Å². The molecule has 1 aliphatic rings. The minimum absolute atomic E-state index is 0.0650. The van der Waals surface area contributed by atoms with Crippen molar-refractivity contribution in [3.05, 3.63) is 59.2 Å². The van der Waals surface area contributed by atoms with Gasteiger partial charge in [0.05, 0.1) is 36.8 Å². The van der Waals surface area contributed by atoms with Crippen LogP contribution in [0, 0.1) is 5.92 Å². The Labute approximate surface area is 185 Å². The molecule has 0 aromatic heterocycles. The lowest BCUT2D eigenvalue weighted by Gasteiger charge is -2.21. The highest BCUT2D eigenvalue weighted by atomic mass is 16.5. The van der Waals surface area contributed by atoms with Gasteiger partial charge in [-0.1, -0.05) is 12.1 Å². The molecule has 1 amide bonds. The lowest BCUT2D eigenvalue weighted by atomic mass is 10.00. The second-order valence-electron chi connectivity index (χ2n) is 7.20. The van der Waals surface area contributed by atoms with Crippen LogP contribution in [0.4, 0.5) is 5.69 Å². The fraction of sp³-hybridized carbons (Fsp3) is 0.304. The van der Waals surface area contributed by atoms with E-state index >= 15 is 0 Å². The SMILES string of the molecule is COC(=O)c1cc(NC(=O)c2ccccc2OC(=O)C2CCCNC2)cc(C(=O)OC)c1. The van der Waals surface area contributed by atoms with Crippen LogP contribution in [0.1, 0.15) is 43.9 Å². The second-order valence-corrected chi connectivity index (χ2v) is 7.20. The van der Waals surface area contributed by atoms with Crippen molar-refractivity contribution >= 4 is 29.5 Å². The number of hydrogen-bond donors (Lipinski definition) is 2. The molecule has 0 bridgehead atoms. The summed E-state index contributed by atoms with van der Waals surface area (Å²) in [5.74, 6) is -2.49. The fourth-order valence-electron chi connectivity index (χ4n) is 3.36. The smallest absolute Gasteiger partial charge is 0.337 e. The number of methoxy groups -OCH3 is 2. The zero-order valence-electron chi connectivity index (χ0n) is 17.8. The number of nitrogens with one attached hydrogen (secondary N) is 2. The predicted octanol–water partition coefficient (Wildman–Crippen LogP) is 2.42. The summed E-state index contributed by atoms with van der Waals surface area (Å²) < 4.78 is 14.9. The van der Waals surface area contributed by atoms with E-state index in [1.54, 1.807) is 12.1 Å². The molecule has 0 aliphatic carbocycles. The van der Waals surface area contributed by atoms with Crippen molar-refractivity contribution in [1.82, 2.24) is 5.32 Å². The third kappa shape index (κ3) is 5.50. The van der Waals surface area contributed by atoms with Gasteiger partial charge in [-0.25, -0.2) is 9.59 Å². The van der Waals surface area contributed by atoms with Crippen LogP contribution in [0.25, 0.3) is 0 Å². The van der Waals surface area contributed by atoms with Gasteiger partial charge in [-0.2, -0.15) is 0 Å². The molecule has 1 saturated heterocycles. The van der Waals surface area contributed by atoms with E-state index in [0.717, 1.165) is 19.4 Å². The summed E-state index contributed by atoms with van der Waals surface area (Å²) in [6.45, 7) is 1.39. The standard InChI is InChI=1S/C23H24N2O7/c1-30-21(27)15-10-16(22(28)31-2)12-17(11-15)25-20(26)18-7-3-4-8-19(18)32-23(29)14-6-5-9-24-13-14/h3-4,7-8,10-12,14,24H,5-6,9,13H2,1-2H3,(H,25,26). The van der Waals surface area contributed by atoms with Gasteiger partial charge in [-0.3, -0.25) is 9.59 Å². The maximum Gasteiger partial charge on any atom is 0.337 e. The Hall–Kier alpha value is -3.72. The number of para-hydroxylation sites is 1. The van der Waals surface area contributed by atoms with Gasteiger partial charge in [0.15, 0.2) is 0 Å². The number of piperidine rings is 1. The molecule has 9 nitrogen and oxygen atoms in total. The lowest BCUT2D eigenvalue weighted by Crippen LogP contribution is -2.36. The Kier molecular flexibility index (Phi) is 7.56. The van der Waals surface area contributed by atoms with E-state index in [1.807, 2.05) is 0 Å². The highest BCUT2D eigenvalue weighted by molar-refractivity contribution is 6.08. The van der Waals surface area contributed by atoms with E-state index in [4.69, 9.17) is 14.2 Å². The summed E-state index contributed by atoms with van der Waals surface area (Å²) >= 11 is 0. The van der Waals surface area contributed by atoms with Crippen molar-refractivity contribution in [3.63, 3.8) is 0 Å². The van der Waals surface area contributed by atoms with Crippen LogP contribution in [0.5, 0.6) is 5.75 Å². The monoisotopic (exact) mass is 440 g/mol. The average Bonchev–Trinajstić information content (AvgIpc) is 2.83. The summed E-state index contributed by atoms with van der Waals surface area (Å²) in [7, 11) is 2.41. The summed E-state index contributed by atoms with van der Waals surface area (Å²) in [5, 5.41) is 5.79. The zero-order chi connectivity index (χ0) is 23.1. The molecule has 0 saturated carbocycles. The lowest BCUT2D eigenvalue weighted by molar-refractivity contribution is -0.139. The van der Waals surface area contributed by atoms with Crippen molar-refractivity contribution in [2.75, 3.05) is 32.6 Å². The molecule has 0 radical (unpaired) electrons. The minimum Gasteiger partial charge on any atom is -0.465 e. The van der Waals surface area contributed by atoms with Crippen molar-refractivity contribution in [1.29, 1.82) is 0 Å². The number of carbonyl (C=O) groups is 4. The summed E-state index contributed by atoms with van der Waals surface area (Å²) in [5.41, 5.74) is 0.439. The Morgan fingerprint density at radius 3 is 2.22 bits per heavy atom. The number of rotatable bonds is 6. The van der Waals surface area contributed by atoms with Crippen LogP contribution in [0.3, 0.4) is 0 Å². The minimum atomic E-state index is -0.679. The molecule has 1 unspecified atom stereocenters.